The summed E-state index contributed by atoms with van der Waals surface area (Å²) in [7, 11) is 0. The largest absolute Gasteiger partial charge is 0.458 e. The van der Waals surface area contributed by atoms with E-state index in [0.717, 1.165) is 18.7 Å². The Morgan fingerprint density at radius 2 is 2.18 bits per heavy atom. The molecule has 4 nitrogen and oxygen atoms in total. The summed E-state index contributed by atoms with van der Waals surface area (Å²) < 4.78 is 7.26. The summed E-state index contributed by atoms with van der Waals surface area (Å²) in [6.45, 7) is 9.56. The Morgan fingerprint density at radius 1 is 1.53 bits per heavy atom. The number of carbonyl (C=O) groups excluding carboxylic acids is 1. The van der Waals surface area contributed by atoms with Crippen molar-refractivity contribution in [2.45, 2.75) is 59.1 Å². The van der Waals surface area contributed by atoms with Crippen molar-refractivity contribution in [1.82, 2.24) is 9.55 Å². The van der Waals surface area contributed by atoms with Crippen molar-refractivity contribution in [3.05, 3.63) is 18.2 Å². The van der Waals surface area contributed by atoms with Gasteiger partial charge >= 0.3 is 5.97 Å². The fourth-order valence-electron chi connectivity index (χ4n) is 1.61. The lowest BCUT2D eigenvalue weighted by Crippen LogP contribution is -2.29. The first-order chi connectivity index (χ1) is 7.85. The molecule has 1 heterocycles. The summed E-state index contributed by atoms with van der Waals surface area (Å²) in [5, 5.41) is 0. The van der Waals surface area contributed by atoms with Gasteiger partial charge in [-0.2, -0.15) is 0 Å². The molecule has 4 heteroatoms. The van der Waals surface area contributed by atoms with Crippen LogP contribution in [0.1, 0.15) is 52.9 Å². The van der Waals surface area contributed by atoms with Crippen LogP contribution in [0.2, 0.25) is 0 Å². The average molecular weight is 238 g/mol. The van der Waals surface area contributed by atoms with E-state index in [4.69, 9.17) is 4.74 Å². The van der Waals surface area contributed by atoms with Crippen molar-refractivity contribution in [2.24, 2.45) is 0 Å². The van der Waals surface area contributed by atoms with Crippen molar-refractivity contribution in [3.8, 4) is 0 Å². The topological polar surface area (TPSA) is 44.1 Å². The molecule has 0 aliphatic heterocycles. The molecular formula is C13H22N2O2. The number of imidazole rings is 1. The predicted octanol–water partition coefficient (Wildman–Crippen LogP) is 2.74. The fourth-order valence-corrected chi connectivity index (χ4v) is 1.61. The highest BCUT2D eigenvalue weighted by Crippen LogP contribution is 2.16. The van der Waals surface area contributed by atoms with Crippen LogP contribution in [-0.4, -0.2) is 21.1 Å². The molecule has 0 amide bonds. The molecule has 1 atom stereocenters. The lowest BCUT2D eigenvalue weighted by molar-refractivity contribution is -0.158. The first-order valence-corrected chi connectivity index (χ1v) is 6.09. The second kappa shape index (κ2) is 5.34. The Labute approximate surface area is 103 Å². The Kier molecular flexibility index (Phi) is 4.32. The number of aromatic nitrogens is 2. The van der Waals surface area contributed by atoms with Crippen LogP contribution in [0.25, 0.3) is 0 Å². The van der Waals surface area contributed by atoms with Gasteiger partial charge in [0.25, 0.3) is 0 Å². The molecule has 1 aromatic rings. The van der Waals surface area contributed by atoms with E-state index in [1.54, 1.807) is 6.20 Å². The van der Waals surface area contributed by atoms with E-state index in [1.165, 1.54) is 0 Å². The molecule has 0 aliphatic rings. The number of hydrogen-bond donors (Lipinski definition) is 0. The number of hydrogen-bond acceptors (Lipinski definition) is 3. The standard InChI is InChI=1S/C13H22N2O2/c1-6-7-11-14-8-9-15(11)10(2)12(16)17-13(3,4)5/h8-10H,6-7H2,1-5H3. The summed E-state index contributed by atoms with van der Waals surface area (Å²) in [5.74, 6) is 0.721. The van der Waals surface area contributed by atoms with Crippen LogP contribution >= 0.6 is 0 Å². The third-order valence-corrected chi connectivity index (χ3v) is 2.39. The number of nitrogens with zero attached hydrogens (tertiary/aromatic N) is 2. The molecule has 96 valence electrons. The van der Waals surface area contributed by atoms with E-state index in [2.05, 4.69) is 11.9 Å². The van der Waals surface area contributed by atoms with Crippen LogP contribution < -0.4 is 0 Å². The van der Waals surface area contributed by atoms with Crippen molar-refractivity contribution < 1.29 is 9.53 Å². The summed E-state index contributed by atoms with van der Waals surface area (Å²) in [6.07, 6.45) is 5.45. The Bertz CT molecular complexity index is 377. The number of aryl methyl sites for hydroxylation is 1. The van der Waals surface area contributed by atoms with Gasteiger partial charge in [-0.15, -0.1) is 0 Å². The molecule has 1 rings (SSSR count). The Morgan fingerprint density at radius 3 is 2.71 bits per heavy atom. The third kappa shape index (κ3) is 3.88. The van der Waals surface area contributed by atoms with Gasteiger partial charge in [0, 0.05) is 18.8 Å². The smallest absolute Gasteiger partial charge is 0.329 e. The number of ether oxygens (including phenoxy) is 1. The monoisotopic (exact) mass is 238 g/mol. The highest BCUT2D eigenvalue weighted by molar-refractivity contribution is 5.74. The van der Waals surface area contributed by atoms with Gasteiger partial charge in [-0.05, 0) is 34.1 Å². The van der Waals surface area contributed by atoms with E-state index in [0.29, 0.717) is 0 Å². The maximum atomic E-state index is 11.9. The van der Waals surface area contributed by atoms with Gasteiger partial charge in [-0.3, -0.25) is 0 Å². The van der Waals surface area contributed by atoms with Crippen molar-refractivity contribution >= 4 is 5.97 Å². The zero-order chi connectivity index (χ0) is 13.1. The first kappa shape index (κ1) is 13.7. The second-order valence-electron chi connectivity index (χ2n) is 5.21. The van der Waals surface area contributed by atoms with Gasteiger partial charge in [0.2, 0.25) is 0 Å². The maximum Gasteiger partial charge on any atom is 0.329 e. The van der Waals surface area contributed by atoms with Crippen LogP contribution in [0.15, 0.2) is 12.4 Å². The molecule has 0 spiro atoms. The van der Waals surface area contributed by atoms with Crippen LogP contribution in [0, 0.1) is 0 Å². The van der Waals surface area contributed by atoms with E-state index in [9.17, 15) is 4.79 Å². The highest BCUT2D eigenvalue weighted by Gasteiger charge is 2.23. The first-order valence-electron chi connectivity index (χ1n) is 6.09. The molecule has 17 heavy (non-hydrogen) atoms. The van der Waals surface area contributed by atoms with Gasteiger partial charge in [-0.25, -0.2) is 9.78 Å². The van der Waals surface area contributed by atoms with Gasteiger partial charge in [0.1, 0.15) is 17.5 Å². The summed E-state index contributed by atoms with van der Waals surface area (Å²) in [4.78, 5) is 16.2. The molecule has 1 unspecified atom stereocenters. The quantitative estimate of drug-likeness (QED) is 0.758. The van der Waals surface area contributed by atoms with Gasteiger partial charge < -0.3 is 9.30 Å². The third-order valence-electron chi connectivity index (χ3n) is 2.39. The van der Waals surface area contributed by atoms with Crippen LogP contribution in [0.5, 0.6) is 0 Å². The lowest BCUT2D eigenvalue weighted by Gasteiger charge is -2.23. The van der Waals surface area contributed by atoms with Gasteiger partial charge in [0.15, 0.2) is 0 Å². The van der Waals surface area contributed by atoms with Crippen molar-refractivity contribution in [1.29, 1.82) is 0 Å². The van der Waals surface area contributed by atoms with Crippen LogP contribution in [-0.2, 0) is 16.0 Å². The van der Waals surface area contributed by atoms with E-state index < -0.39 is 5.60 Å². The Balaban J connectivity index is 2.78. The zero-order valence-electron chi connectivity index (χ0n) is 11.4. The molecule has 0 aromatic carbocycles. The zero-order valence-corrected chi connectivity index (χ0v) is 11.4. The SMILES string of the molecule is CCCc1nccn1C(C)C(=O)OC(C)(C)C. The fraction of sp³-hybridized carbons (Fsp3) is 0.692. The summed E-state index contributed by atoms with van der Waals surface area (Å²) in [6, 6.07) is -0.321. The second-order valence-corrected chi connectivity index (χ2v) is 5.21. The number of esters is 1. The molecule has 0 bridgehead atoms. The number of rotatable bonds is 4. The minimum Gasteiger partial charge on any atom is -0.458 e. The molecule has 0 fully saturated rings. The van der Waals surface area contributed by atoms with Crippen molar-refractivity contribution in [2.75, 3.05) is 0 Å². The normalized spacial score (nSPS) is 13.5. The molecule has 0 radical (unpaired) electrons. The molecule has 0 aliphatic carbocycles. The summed E-state index contributed by atoms with van der Waals surface area (Å²) >= 11 is 0. The summed E-state index contributed by atoms with van der Waals surface area (Å²) in [5.41, 5.74) is -0.448. The highest BCUT2D eigenvalue weighted by atomic mass is 16.6. The molecule has 0 saturated heterocycles. The Hall–Kier alpha value is -1.32. The molecule has 1 aromatic heterocycles. The van der Waals surface area contributed by atoms with Crippen LogP contribution in [0.4, 0.5) is 0 Å². The molecule has 0 N–H and O–H groups in total. The number of carbonyl (C=O) groups is 1. The molecule has 0 saturated carbocycles. The predicted molar refractivity (Wildman–Crippen MR) is 66.8 cm³/mol. The molecular weight excluding hydrogens is 216 g/mol. The minimum absolute atomic E-state index is 0.215. The van der Waals surface area contributed by atoms with E-state index >= 15 is 0 Å². The minimum atomic E-state index is -0.448. The van der Waals surface area contributed by atoms with Gasteiger partial charge in [0.05, 0.1) is 0 Å². The van der Waals surface area contributed by atoms with Crippen LogP contribution in [0.3, 0.4) is 0 Å². The van der Waals surface area contributed by atoms with Crippen molar-refractivity contribution in [3.63, 3.8) is 0 Å². The average Bonchev–Trinajstić information content (AvgIpc) is 2.62. The lowest BCUT2D eigenvalue weighted by atomic mass is 10.2. The van der Waals surface area contributed by atoms with E-state index in [1.807, 2.05) is 38.5 Å². The van der Waals surface area contributed by atoms with E-state index in [-0.39, 0.29) is 12.0 Å². The van der Waals surface area contributed by atoms with Gasteiger partial charge in [-0.1, -0.05) is 6.92 Å². The maximum absolute atomic E-state index is 11.9.